The number of hydrogen-bond acceptors (Lipinski definition) is 6. The molecule has 3 aromatic rings. The number of rotatable bonds is 4. The number of amides is 1. The molecule has 106 valence electrons. The molecule has 0 bridgehead atoms. The molecule has 0 fully saturated rings. The van der Waals surface area contributed by atoms with E-state index in [0.29, 0.717) is 17.9 Å². The van der Waals surface area contributed by atoms with Gasteiger partial charge in [-0.05, 0) is 19.1 Å². The van der Waals surface area contributed by atoms with Crippen LogP contribution < -0.4 is 5.32 Å². The molecule has 0 atom stereocenters. The van der Waals surface area contributed by atoms with Crippen LogP contribution >= 0.6 is 11.3 Å². The first-order valence-corrected chi connectivity index (χ1v) is 7.10. The number of nitrogens with zero attached hydrogens (tertiary/aromatic N) is 5. The van der Waals surface area contributed by atoms with Crippen molar-refractivity contribution in [3.8, 4) is 5.82 Å². The highest BCUT2D eigenvalue weighted by Crippen LogP contribution is 2.09. The van der Waals surface area contributed by atoms with Crippen molar-refractivity contribution in [2.75, 3.05) is 0 Å². The summed E-state index contributed by atoms with van der Waals surface area (Å²) in [6, 6.07) is 3.45. The number of pyridine rings is 1. The van der Waals surface area contributed by atoms with E-state index in [0.717, 1.165) is 10.7 Å². The third-order valence-electron chi connectivity index (χ3n) is 2.76. The van der Waals surface area contributed by atoms with Crippen LogP contribution in [0.1, 0.15) is 21.1 Å². The number of aromatic nitrogens is 5. The van der Waals surface area contributed by atoms with Gasteiger partial charge in [-0.1, -0.05) is 0 Å². The Balaban J connectivity index is 1.65. The molecule has 0 aliphatic carbocycles. The molecule has 3 aromatic heterocycles. The van der Waals surface area contributed by atoms with Gasteiger partial charge in [0.15, 0.2) is 0 Å². The summed E-state index contributed by atoms with van der Waals surface area (Å²) in [6.45, 7) is 2.35. The van der Waals surface area contributed by atoms with Crippen molar-refractivity contribution in [1.29, 1.82) is 0 Å². The fourth-order valence-electron chi connectivity index (χ4n) is 1.73. The third-order valence-corrected chi connectivity index (χ3v) is 3.73. The quantitative estimate of drug-likeness (QED) is 0.786. The Morgan fingerprint density at radius 3 is 2.76 bits per heavy atom. The maximum absolute atomic E-state index is 12.0. The zero-order chi connectivity index (χ0) is 14.7. The Morgan fingerprint density at radius 1 is 1.33 bits per heavy atom. The summed E-state index contributed by atoms with van der Waals surface area (Å²) in [5.74, 6) is 0.484. The topological polar surface area (TPSA) is 85.6 Å². The van der Waals surface area contributed by atoms with Crippen molar-refractivity contribution in [2.45, 2.75) is 13.5 Å². The number of nitrogens with one attached hydrogen (secondary N) is 1. The van der Waals surface area contributed by atoms with E-state index in [2.05, 4.69) is 25.5 Å². The first-order chi connectivity index (χ1) is 10.2. The minimum atomic E-state index is -0.175. The Labute approximate surface area is 124 Å². The number of carbonyl (C=O) groups excluding carboxylic acids is 1. The average Bonchev–Trinajstić information content (AvgIpc) is 3.16. The van der Waals surface area contributed by atoms with Gasteiger partial charge in [-0.15, -0.1) is 21.5 Å². The van der Waals surface area contributed by atoms with Gasteiger partial charge in [0.05, 0.1) is 12.1 Å². The van der Waals surface area contributed by atoms with E-state index >= 15 is 0 Å². The molecular weight excluding hydrogens is 288 g/mol. The average molecular weight is 300 g/mol. The summed E-state index contributed by atoms with van der Waals surface area (Å²) >= 11 is 1.53. The van der Waals surface area contributed by atoms with Gasteiger partial charge in [-0.3, -0.25) is 9.36 Å². The highest BCUT2D eigenvalue weighted by molar-refractivity contribution is 7.09. The molecule has 0 aliphatic heterocycles. The van der Waals surface area contributed by atoms with Crippen molar-refractivity contribution in [2.24, 2.45) is 0 Å². The summed E-state index contributed by atoms with van der Waals surface area (Å²) < 4.78 is 1.67. The molecule has 1 amide bonds. The molecule has 0 saturated carbocycles. The van der Waals surface area contributed by atoms with Gasteiger partial charge in [0.25, 0.3) is 5.91 Å². The molecule has 3 heterocycles. The van der Waals surface area contributed by atoms with Crippen molar-refractivity contribution >= 4 is 17.2 Å². The lowest BCUT2D eigenvalue weighted by molar-refractivity contribution is 0.0950. The first kappa shape index (κ1) is 13.4. The lowest BCUT2D eigenvalue weighted by Crippen LogP contribution is -2.22. The van der Waals surface area contributed by atoms with E-state index in [1.54, 1.807) is 29.4 Å². The van der Waals surface area contributed by atoms with Crippen LogP contribution in [0, 0.1) is 6.92 Å². The summed E-state index contributed by atoms with van der Waals surface area (Å²) in [6.07, 6.45) is 4.62. The van der Waals surface area contributed by atoms with Gasteiger partial charge < -0.3 is 5.32 Å². The molecular formula is C13H12N6OS. The Bertz CT molecular complexity index is 734. The normalized spacial score (nSPS) is 10.5. The zero-order valence-corrected chi connectivity index (χ0v) is 12.0. The first-order valence-electron chi connectivity index (χ1n) is 6.22. The van der Waals surface area contributed by atoms with Gasteiger partial charge >= 0.3 is 0 Å². The van der Waals surface area contributed by atoms with Gasteiger partial charge in [-0.2, -0.15) is 0 Å². The molecule has 7 nitrogen and oxygen atoms in total. The van der Waals surface area contributed by atoms with Crippen molar-refractivity contribution < 1.29 is 4.79 Å². The van der Waals surface area contributed by atoms with E-state index in [4.69, 9.17) is 0 Å². The SMILES string of the molecule is Cc1csc(CNC(=O)c2ccc(-n3cnnc3)nc2)n1. The van der Waals surface area contributed by atoms with E-state index in [1.165, 1.54) is 17.5 Å². The molecule has 3 rings (SSSR count). The molecule has 0 aromatic carbocycles. The summed E-state index contributed by atoms with van der Waals surface area (Å²) in [5, 5.41) is 13.1. The molecule has 0 radical (unpaired) electrons. The van der Waals surface area contributed by atoms with E-state index in [1.807, 2.05) is 12.3 Å². The van der Waals surface area contributed by atoms with Crippen LogP contribution in [0.25, 0.3) is 5.82 Å². The predicted molar refractivity (Wildman–Crippen MR) is 77.2 cm³/mol. The molecule has 1 N–H and O–H groups in total. The van der Waals surface area contributed by atoms with Gasteiger partial charge in [0.1, 0.15) is 23.5 Å². The molecule has 0 unspecified atom stereocenters. The lowest BCUT2D eigenvalue weighted by atomic mass is 10.2. The van der Waals surface area contributed by atoms with E-state index < -0.39 is 0 Å². The number of aryl methyl sites for hydroxylation is 1. The van der Waals surface area contributed by atoms with Crippen LogP contribution in [0.3, 0.4) is 0 Å². The third kappa shape index (κ3) is 3.11. The monoisotopic (exact) mass is 300 g/mol. The van der Waals surface area contributed by atoms with E-state index in [9.17, 15) is 4.79 Å². The fraction of sp³-hybridized carbons (Fsp3) is 0.154. The Hall–Kier alpha value is -2.61. The van der Waals surface area contributed by atoms with Crippen molar-refractivity contribution in [3.05, 3.63) is 52.6 Å². The second kappa shape index (κ2) is 5.80. The summed E-state index contributed by atoms with van der Waals surface area (Å²) in [5.41, 5.74) is 1.46. The maximum atomic E-state index is 12.0. The smallest absolute Gasteiger partial charge is 0.253 e. The van der Waals surface area contributed by atoms with Crippen LogP contribution in [-0.4, -0.2) is 30.6 Å². The minimum Gasteiger partial charge on any atom is -0.345 e. The van der Waals surface area contributed by atoms with Crippen LogP contribution in [0.2, 0.25) is 0 Å². The predicted octanol–water partition coefficient (Wildman–Crippen LogP) is 1.36. The highest BCUT2D eigenvalue weighted by atomic mass is 32.1. The van der Waals surface area contributed by atoms with Crippen LogP contribution in [0.4, 0.5) is 0 Å². The van der Waals surface area contributed by atoms with E-state index in [-0.39, 0.29) is 5.91 Å². The highest BCUT2D eigenvalue weighted by Gasteiger charge is 2.08. The van der Waals surface area contributed by atoms with Gasteiger partial charge in [0, 0.05) is 17.3 Å². The van der Waals surface area contributed by atoms with Crippen molar-refractivity contribution in [1.82, 2.24) is 30.0 Å². The zero-order valence-electron chi connectivity index (χ0n) is 11.2. The molecule has 0 spiro atoms. The molecule has 21 heavy (non-hydrogen) atoms. The van der Waals surface area contributed by atoms with Crippen LogP contribution in [0.5, 0.6) is 0 Å². The largest absolute Gasteiger partial charge is 0.345 e. The fourth-order valence-corrected chi connectivity index (χ4v) is 2.45. The standard InChI is InChI=1S/C13H12N6OS/c1-9-6-21-12(18-9)5-15-13(20)10-2-3-11(14-4-10)19-7-16-17-8-19/h2-4,6-8H,5H2,1H3,(H,15,20). The van der Waals surface area contributed by atoms with Crippen LogP contribution in [0.15, 0.2) is 36.4 Å². The van der Waals surface area contributed by atoms with Gasteiger partial charge in [-0.25, -0.2) is 9.97 Å². The van der Waals surface area contributed by atoms with Crippen molar-refractivity contribution in [3.63, 3.8) is 0 Å². The van der Waals surface area contributed by atoms with Gasteiger partial charge in [0.2, 0.25) is 0 Å². The second-order valence-electron chi connectivity index (χ2n) is 4.34. The Kier molecular flexibility index (Phi) is 3.69. The van der Waals surface area contributed by atoms with Crippen LogP contribution in [-0.2, 0) is 6.54 Å². The molecule has 0 saturated heterocycles. The Morgan fingerprint density at radius 2 is 2.14 bits per heavy atom. The molecule has 0 aliphatic rings. The number of hydrogen-bond donors (Lipinski definition) is 1. The minimum absolute atomic E-state index is 0.175. The maximum Gasteiger partial charge on any atom is 0.253 e. The lowest BCUT2D eigenvalue weighted by Gasteiger charge is -2.04. The number of carbonyl (C=O) groups is 1. The summed E-state index contributed by atoms with van der Waals surface area (Å²) in [7, 11) is 0. The number of thiazole rings is 1. The summed E-state index contributed by atoms with van der Waals surface area (Å²) in [4.78, 5) is 20.5. The second-order valence-corrected chi connectivity index (χ2v) is 5.28. The molecule has 8 heteroatoms.